The highest BCUT2D eigenvalue weighted by atomic mass is 32.2. The number of hydrogen-bond donors (Lipinski definition) is 0. The average molecular weight is 435 g/mol. The van der Waals surface area contributed by atoms with Gasteiger partial charge in [-0.05, 0) is 48.9 Å². The minimum Gasteiger partial charge on any atom is -0.497 e. The summed E-state index contributed by atoms with van der Waals surface area (Å²) in [5.74, 6) is 0.519. The number of methoxy groups -OCH3 is 2. The van der Waals surface area contributed by atoms with E-state index in [1.165, 1.54) is 14.2 Å². The van der Waals surface area contributed by atoms with E-state index in [1.54, 1.807) is 54.3 Å². The zero-order valence-corrected chi connectivity index (χ0v) is 18.1. The Balaban J connectivity index is 2.03. The molecule has 1 fully saturated rings. The molecule has 1 aliphatic rings. The van der Waals surface area contributed by atoms with E-state index < -0.39 is 10.0 Å². The molecule has 162 valence electrons. The zero-order chi connectivity index (χ0) is 21.7. The van der Waals surface area contributed by atoms with Crippen molar-refractivity contribution in [3.05, 3.63) is 48.0 Å². The van der Waals surface area contributed by atoms with Gasteiger partial charge in [0, 0.05) is 13.1 Å². The van der Waals surface area contributed by atoms with Gasteiger partial charge in [-0.25, -0.2) is 8.42 Å². The van der Waals surface area contributed by atoms with Gasteiger partial charge in [0.15, 0.2) is 0 Å². The molecule has 1 amide bonds. The van der Waals surface area contributed by atoms with Crippen LogP contribution >= 0.6 is 0 Å². The predicted molar refractivity (Wildman–Crippen MR) is 113 cm³/mol. The molecular weight excluding hydrogens is 408 g/mol. The summed E-state index contributed by atoms with van der Waals surface area (Å²) in [6.07, 6.45) is 0. The van der Waals surface area contributed by atoms with Crippen LogP contribution < -0.4 is 13.8 Å². The second kappa shape index (κ2) is 9.36. The maximum Gasteiger partial charge on any atom is 0.268 e. The molecule has 1 heterocycles. The van der Waals surface area contributed by atoms with Gasteiger partial charge in [0.2, 0.25) is 5.91 Å². The standard InChI is InChI=1S/C21H26N2O6S/c1-16-4-9-19(28-3)20(14-16)30(25,26)23(17-5-7-18(27-2)8-6-17)15-21(24)22-10-12-29-13-11-22/h4-9,14H,10-13,15H2,1-3H3. The number of anilines is 1. The number of ether oxygens (including phenoxy) is 3. The van der Waals surface area contributed by atoms with Crippen LogP contribution in [-0.2, 0) is 19.6 Å². The molecule has 0 unspecified atom stereocenters. The highest BCUT2D eigenvalue weighted by Crippen LogP contribution is 2.31. The van der Waals surface area contributed by atoms with E-state index in [-0.39, 0.29) is 23.1 Å². The number of carbonyl (C=O) groups is 1. The summed E-state index contributed by atoms with van der Waals surface area (Å²) in [6, 6.07) is 11.5. The Kier molecular flexibility index (Phi) is 6.84. The van der Waals surface area contributed by atoms with E-state index in [4.69, 9.17) is 14.2 Å². The Bertz CT molecular complexity index is 985. The number of sulfonamides is 1. The first-order chi connectivity index (χ1) is 14.4. The van der Waals surface area contributed by atoms with Gasteiger partial charge in [-0.15, -0.1) is 0 Å². The largest absolute Gasteiger partial charge is 0.497 e. The van der Waals surface area contributed by atoms with Gasteiger partial charge in [0.05, 0.1) is 33.1 Å². The van der Waals surface area contributed by atoms with Crippen molar-refractivity contribution in [1.82, 2.24) is 4.90 Å². The van der Waals surface area contributed by atoms with E-state index in [0.717, 1.165) is 9.87 Å². The smallest absolute Gasteiger partial charge is 0.268 e. The summed E-state index contributed by atoms with van der Waals surface area (Å²) in [4.78, 5) is 14.5. The van der Waals surface area contributed by atoms with Crippen LogP contribution in [0.4, 0.5) is 5.69 Å². The van der Waals surface area contributed by atoms with E-state index in [1.807, 2.05) is 0 Å². The molecule has 0 aromatic heterocycles. The second-order valence-corrected chi connectivity index (χ2v) is 8.69. The molecule has 0 saturated carbocycles. The molecule has 0 N–H and O–H groups in total. The number of rotatable bonds is 7. The van der Waals surface area contributed by atoms with Crippen molar-refractivity contribution in [2.75, 3.05) is 51.4 Å². The van der Waals surface area contributed by atoms with Gasteiger partial charge >= 0.3 is 0 Å². The number of aryl methyl sites for hydroxylation is 1. The molecular formula is C21H26N2O6S. The fourth-order valence-corrected chi connectivity index (χ4v) is 4.86. The fourth-order valence-electron chi connectivity index (χ4n) is 3.20. The van der Waals surface area contributed by atoms with Crippen molar-refractivity contribution in [2.24, 2.45) is 0 Å². The summed E-state index contributed by atoms with van der Waals surface area (Å²) in [5.41, 5.74) is 1.13. The van der Waals surface area contributed by atoms with Gasteiger partial charge in [-0.3, -0.25) is 9.10 Å². The third-order valence-electron chi connectivity index (χ3n) is 4.89. The third-order valence-corrected chi connectivity index (χ3v) is 6.69. The molecule has 0 aliphatic carbocycles. The van der Waals surface area contributed by atoms with Gasteiger partial charge in [-0.2, -0.15) is 0 Å². The van der Waals surface area contributed by atoms with Crippen LogP contribution in [0.2, 0.25) is 0 Å². The molecule has 0 atom stereocenters. The Hall–Kier alpha value is -2.78. The highest BCUT2D eigenvalue weighted by Gasteiger charge is 2.32. The SMILES string of the molecule is COc1ccc(N(CC(=O)N2CCOCC2)S(=O)(=O)c2cc(C)ccc2OC)cc1. The van der Waals surface area contributed by atoms with Crippen molar-refractivity contribution < 1.29 is 27.4 Å². The van der Waals surface area contributed by atoms with Crippen LogP contribution in [0.3, 0.4) is 0 Å². The lowest BCUT2D eigenvalue weighted by molar-refractivity contribution is -0.133. The minimum absolute atomic E-state index is 0.00981. The third kappa shape index (κ3) is 4.68. The Morgan fingerprint density at radius 2 is 1.73 bits per heavy atom. The second-order valence-electron chi connectivity index (χ2n) is 6.86. The monoisotopic (exact) mass is 434 g/mol. The summed E-state index contributed by atoms with van der Waals surface area (Å²) in [6.45, 7) is 3.21. The first kappa shape index (κ1) is 21.9. The number of hydrogen-bond acceptors (Lipinski definition) is 6. The van der Waals surface area contributed by atoms with Crippen molar-refractivity contribution >= 4 is 21.6 Å². The molecule has 1 saturated heterocycles. The van der Waals surface area contributed by atoms with Crippen molar-refractivity contribution in [3.63, 3.8) is 0 Å². The van der Waals surface area contributed by atoms with Gasteiger partial charge in [0.1, 0.15) is 22.9 Å². The number of morpholine rings is 1. The Morgan fingerprint density at radius 1 is 1.07 bits per heavy atom. The average Bonchev–Trinajstić information content (AvgIpc) is 2.78. The first-order valence-electron chi connectivity index (χ1n) is 9.54. The fraction of sp³-hybridized carbons (Fsp3) is 0.381. The molecule has 8 nitrogen and oxygen atoms in total. The van der Waals surface area contributed by atoms with Crippen LogP contribution in [0.1, 0.15) is 5.56 Å². The summed E-state index contributed by atoms with van der Waals surface area (Å²) in [5, 5.41) is 0. The van der Waals surface area contributed by atoms with Crippen molar-refractivity contribution in [2.45, 2.75) is 11.8 Å². The van der Waals surface area contributed by atoms with Crippen LogP contribution in [0.25, 0.3) is 0 Å². The summed E-state index contributed by atoms with van der Waals surface area (Å²) < 4.78 is 44.2. The minimum atomic E-state index is -4.08. The molecule has 0 bridgehead atoms. The normalized spacial score (nSPS) is 14.3. The number of benzene rings is 2. The maximum absolute atomic E-state index is 13.7. The Labute approximate surface area is 177 Å². The molecule has 1 aliphatic heterocycles. The zero-order valence-electron chi connectivity index (χ0n) is 17.3. The molecule has 2 aromatic carbocycles. The van der Waals surface area contributed by atoms with E-state index in [2.05, 4.69) is 0 Å². The lowest BCUT2D eigenvalue weighted by atomic mass is 10.2. The van der Waals surface area contributed by atoms with E-state index >= 15 is 0 Å². The summed E-state index contributed by atoms with van der Waals surface area (Å²) in [7, 11) is -1.14. The molecule has 3 rings (SSSR count). The molecule has 0 spiro atoms. The molecule has 30 heavy (non-hydrogen) atoms. The van der Waals surface area contributed by atoms with Crippen LogP contribution in [0, 0.1) is 6.92 Å². The van der Waals surface area contributed by atoms with Crippen LogP contribution in [-0.4, -0.2) is 66.3 Å². The molecule has 2 aromatic rings. The van der Waals surface area contributed by atoms with Crippen LogP contribution in [0.15, 0.2) is 47.4 Å². The van der Waals surface area contributed by atoms with Gasteiger partial charge < -0.3 is 19.1 Å². The number of amides is 1. The van der Waals surface area contributed by atoms with Gasteiger partial charge in [-0.1, -0.05) is 6.07 Å². The van der Waals surface area contributed by atoms with E-state index in [9.17, 15) is 13.2 Å². The lowest BCUT2D eigenvalue weighted by Crippen LogP contribution is -2.47. The molecule has 9 heteroatoms. The maximum atomic E-state index is 13.7. The number of nitrogens with zero attached hydrogens (tertiary/aromatic N) is 2. The van der Waals surface area contributed by atoms with Gasteiger partial charge in [0.25, 0.3) is 10.0 Å². The quantitative estimate of drug-likeness (QED) is 0.663. The topological polar surface area (TPSA) is 85.4 Å². The highest BCUT2D eigenvalue weighted by molar-refractivity contribution is 7.93. The predicted octanol–water partition coefficient (Wildman–Crippen LogP) is 2.07. The van der Waals surface area contributed by atoms with Crippen LogP contribution in [0.5, 0.6) is 11.5 Å². The first-order valence-corrected chi connectivity index (χ1v) is 11.0. The van der Waals surface area contributed by atoms with Crippen molar-refractivity contribution in [1.29, 1.82) is 0 Å². The van der Waals surface area contributed by atoms with E-state index in [0.29, 0.717) is 37.7 Å². The molecule has 0 radical (unpaired) electrons. The lowest BCUT2D eigenvalue weighted by Gasteiger charge is -2.31. The summed E-state index contributed by atoms with van der Waals surface area (Å²) >= 11 is 0. The Morgan fingerprint density at radius 3 is 2.33 bits per heavy atom. The van der Waals surface area contributed by atoms with Crippen molar-refractivity contribution in [3.8, 4) is 11.5 Å². The number of carbonyl (C=O) groups excluding carboxylic acids is 1.